The van der Waals surface area contributed by atoms with Gasteiger partial charge in [-0.05, 0) is 60.7 Å². The maximum absolute atomic E-state index is 13.6. The molecule has 1 saturated carbocycles. The van der Waals surface area contributed by atoms with Crippen LogP contribution in [0.2, 0.25) is 0 Å². The lowest BCUT2D eigenvalue weighted by molar-refractivity contribution is 0.376. The Labute approximate surface area is 219 Å². The van der Waals surface area contributed by atoms with E-state index in [2.05, 4.69) is 4.98 Å². The molecule has 0 saturated heterocycles. The molecule has 4 rings (SSSR count). The summed E-state index contributed by atoms with van der Waals surface area (Å²) in [5.41, 5.74) is 1.13. The minimum Gasteiger partial charge on any atom is -0.497 e. The van der Waals surface area contributed by atoms with Gasteiger partial charge in [0.2, 0.25) is 25.0 Å². The van der Waals surface area contributed by atoms with E-state index in [1.165, 1.54) is 36.9 Å². The Morgan fingerprint density at radius 2 is 1.68 bits per heavy atom. The monoisotopic (exact) mass is 547 g/mol. The van der Waals surface area contributed by atoms with Gasteiger partial charge in [0.1, 0.15) is 11.5 Å². The molecule has 2 aromatic carbocycles. The average molecular weight is 548 g/mol. The lowest BCUT2D eigenvalue weighted by atomic mass is 10.2. The van der Waals surface area contributed by atoms with Crippen molar-refractivity contribution in [3.63, 3.8) is 0 Å². The largest absolute Gasteiger partial charge is 0.497 e. The van der Waals surface area contributed by atoms with E-state index >= 15 is 0 Å². The molecule has 1 fully saturated rings. The first-order chi connectivity index (χ1) is 17.5. The summed E-state index contributed by atoms with van der Waals surface area (Å²) in [4.78, 5) is 4.46. The molecule has 0 atom stereocenters. The summed E-state index contributed by atoms with van der Waals surface area (Å²) in [5, 5.41) is -0.0587. The number of methoxy groups -OCH3 is 2. The molecule has 11 heteroatoms. The van der Waals surface area contributed by atoms with Crippen molar-refractivity contribution in [1.29, 1.82) is 0 Å². The van der Waals surface area contributed by atoms with E-state index in [0.29, 0.717) is 29.3 Å². The summed E-state index contributed by atoms with van der Waals surface area (Å²) in [7, 11) is -4.58. The predicted octanol–water partition coefficient (Wildman–Crippen LogP) is 3.88. The van der Waals surface area contributed by atoms with Crippen molar-refractivity contribution < 1.29 is 26.3 Å². The van der Waals surface area contributed by atoms with Crippen molar-refractivity contribution in [1.82, 2.24) is 13.9 Å². The van der Waals surface area contributed by atoms with E-state index in [-0.39, 0.29) is 34.3 Å². The van der Waals surface area contributed by atoms with Gasteiger partial charge in [-0.2, -0.15) is 4.31 Å². The van der Waals surface area contributed by atoms with Crippen LogP contribution in [0.1, 0.15) is 37.9 Å². The molecule has 1 aliphatic carbocycles. The van der Waals surface area contributed by atoms with E-state index in [1.54, 1.807) is 41.0 Å². The molecule has 1 aromatic heterocycles. The van der Waals surface area contributed by atoms with Gasteiger partial charge in [0, 0.05) is 12.6 Å². The van der Waals surface area contributed by atoms with Crippen LogP contribution in [0.3, 0.4) is 0 Å². The highest BCUT2D eigenvalue weighted by Gasteiger charge is 2.39. The van der Waals surface area contributed by atoms with Gasteiger partial charge < -0.3 is 14.0 Å². The van der Waals surface area contributed by atoms with Crippen LogP contribution in [0.25, 0.3) is 0 Å². The van der Waals surface area contributed by atoms with Crippen LogP contribution in [0.15, 0.2) is 64.8 Å². The minimum atomic E-state index is -3.82. The van der Waals surface area contributed by atoms with Crippen LogP contribution in [-0.2, 0) is 38.7 Å². The third-order valence-corrected chi connectivity index (χ3v) is 9.66. The number of sulfone groups is 1. The predicted molar refractivity (Wildman–Crippen MR) is 140 cm³/mol. The molecular formula is C26H33N3O6S2. The van der Waals surface area contributed by atoms with Gasteiger partial charge in [0.05, 0.1) is 43.3 Å². The van der Waals surface area contributed by atoms with E-state index in [0.717, 1.165) is 12.8 Å². The van der Waals surface area contributed by atoms with E-state index in [9.17, 15) is 16.8 Å². The molecule has 37 heavy (non-hydrogen) atoms. The Morgan fingerprint density at radius 3 is 2.27 bits per heavy atom. The van der Waals surface area contributed by atoms with Crippen molar-refractivity contribution in [3.8, 4) is 11.5 Å². The van der Waals surface area contributed by atoms with Gasteiger partial charge in [-0.3, -0.25) is 0 Å². The molecule has 0 bridgehead atoms. The molecule has 0 N–H and O–H groups in total. The molecule has 1 heterocycles. The summed E-state index contributed by atoms with van der Waals surface area (Å²) in [6.07, 6.45) is 3.00. The lowest BCUT2D eigenvalue weighted by Gasteiger charge is -2.23. The zero-order valence-electron chi connectivity index (χ0n) is 21.5. The summed E-state index contributed by atoms with van der Waals surface area (Å²) in [6, 6.07) is 13.1. The quantitative estimate of drug-likeness (QED) is 0.339. The van der Waals surface area contributed by atoms with E-state index in [4.69, 9.17) is 9.47 Å². The smallest absolute Gasteiger partial charge is 0.243 e. The molecule has 0 spiro atoms. The fourth-order valence-corrected chi connectivity index (χ4v) is 7.33. The average Bonchev–Trinajstić information content (AvgIpc) is 3.62. The SMILES string of the molecule is COc1ccc(S(=O)(=O)N(Cc2cnc(S(=O)(=O)Cc3cccc(OC)c3)n2CC(C)C)C2CC2)cc1. The Balaban J connectivity index is 1.68. The second-order valence-corrected chi connectivity index (χ2v) is 13.4. The van der Waals surface area contributed by atoms with Crippen molar-refractivity contribution in [3.05, 3.63) is 66.0 Å². The molecule has 0 aliphatic heterocycles. The summed E-state index contributed by atoms with van der Waals surface area (Å²) >= 11 is 0. The third-order valence-electron chi connectivity index (χ3n) is 6.16. The van der Waals surface area contributed by atoms with Crippen LogP contribution in [0.5, 0.6) is 11.5 Å². The Hall–Kier alpha value is -2.89. The van der Waals surface area contributed by atoms with E-state index < -0.39 is 19.9 Å². The minimum absolute atomic E-state index is 0.0351. The summed E-state index contributed by atoms with van der Waals surface area (Å²) in [6.45, 7) is 4.39. The first-order valence-corrected chi connectivity index (χ1v) is 15.2. The maximum atomic E-state index is 13.6. The first kappa shape index (κ1) is 27.2. The number of hydrogen-bond donors (Lipinski definition) is 0. The van der Waals surface area contributed by atoms with Crippen molar-refractivity contribution >= 4 is 19.9 Å². The summed E-state index contributed by atoms with van der Waals surface area (Å²) < 4.78 is 67.6. The third kappa shape index (κ3) is 6.16. The van der Waals surface area contributed by atoms with Gasteiger partial charge in [-0.25, -0.2) is 21.8 Å². The highest BCUT2D eigenvalue weighted by atomic mass is 32.2. The standard InChI is InChI=1S/C26H33N3O6S2/c1-19(2)16-28-22(15-27-26(28)36(30,31)18-20-6-5-7-24(14-20)35-4)17-29(21-8-9-21)37(32,33)25-12-10-23(34-3)11-13-25/h5-7,10-15,19,21H,8-9,16-18H2,1-4H3. The topological polar surface area (TPSA) is 108 Å². The van der Waals surface area contributed by atoms with Gasteiger partial charge >= 0.3 is 0 Å². The number of ether oxygens (including phenoxy) is 2. The normalized spacial score (nSPS) is 14.3. The van der Waals surface area contributed by atoms with Gasteiger partial charge in [-0.1, -0.05) is 26.0 Å². The second-order valence-electron chi connectivity index (χ2n) is 9.60. The molecule has 200 valence electrons. The molecule has 9 nitrogen and oxygen atoms in total. The van der Waals surface area contributed by atoms with Crippen molar-refractivity contribution in [2.24, 2.45) is 5.92 Å². The van der Waals surface area contributed by atoms with Gasteiger partial charge in [0.15, 0.2) is 0 Å². The number of imidazole rings is 1. The molecule has 0 unspecified atom stereocenters. The Bertz CT molecular complexity index is 1440. The maximum Gasteiger partial charge on any atom is 0.243 e. The van der Waals surface area contributed by atoms with Crippen molar-refractivity contribution in [2.75, 3.05) is 14.2 Å². The van der Waals surface area contributed by atoms with Crippen molar-refractivity contribution in [2.45, 2.75) is 61.6 Å². The number of benzene rings is 2. The molecule has 3 aromatic rings. The van der Waals surface area contributed by atoms with Gasteiger partial charge in [-0.15, -0.1) is 0 Å². The Morgan fingerprint density at radius 1 is 1.00 bits per heavy atom. The lowest BCUT2D eigenvalue weighted by Crippen LogP contribution is -2.33. The highest BCUT2D eigenvalue weighted by Crippen LogP contribution is 2.34. The molecule has 1 aliphatic rings. The molecule has 0 amide bonds. The number of rotatable bonds is 12. The van der Waals surface area contributed by atoms with E-state index in [1.807, 2.05) is 13.8 Å². The van der Waals surface area contributed by atoms with Crippen LogP contribution in [-0.4, -0.2) is 51.0 Å². The fraction of sp³-hybridized carbons (Fsp3) is 0.423. The second kappa shape index (κ2) is 10.8. The highest BCUT2D eigenvalue weighted by molar-refractivity contribution is 7.90. The zero-order valence-corrected chi connectivity index (χ0v) is 23.1. The van der Waals surface area contributed by atoms with Gasteiger partial charge in [0.25, 0.3) is 0 Å². The van der Waals surface area contributed by atoms with Crippen LogP contribution in [0, 0.1) is 5.92 Å². The number of hydrogen-bond acceptors (Lipinski definition) is 7. The summed E-state index contributed by atoms with van der Waals surface area (Å²) in [5.74, 6) is 1.02. The van der Waals surface area contributed by atoms with Crippen LogP contribution in [0.4, 0.5) is 0 Å². The number of sulfonamides is 1. The van der Waals surface area contributed by atoms with Crippen LogP contribution >= 0.6 is 0 Å². The Kier molecular flexibility index (Phi) is 7.96. The first-order valence-electron chi connectivity index (χ1n) is 12.1. The number of aromatic nitrogens is 2. The fourth-order valence-electron chi connectivity index (χ4n) is 4.19. The van der Waals surface area contributed by atoms with Crippen LogP contribution < -0.4 is 9.47 Å². The zero-order chi connectivity index (χ0) is 26.8. The molecular weight excluding hydrogens is 514 g/mol. The number of nitrogens with zero attached hydrogens (tertiary/aromatic N) is 3. The molecule has 0 radical (unpaired) electrons.